The van der Waals surface area contributed by atoms with Crippen LogP contribution in [0, 0.1) is 5.92 Å². The Hall–Kier alpha value is 0.310. The lowest BCUT2D eigenvalue weighted by atomic mass is 10.2. The summed E-state index contributed by atoms with van der Waals surface area (Å²) in [4.78, 5) is 0. The smallest absolute Gasteiger partial charge is 0.0113 e. The van der Waals surface area contributed by atoms with Gasteiger partial charge in [0, 0.05) is 13.1 Å². The Balaban J connectivity index is 2.26. The van der Waals surface area contributed by atoms with Crippen LogP contribution < -0.4 is 0 Å². The molecular formula is C5H11NS. The molecule has 1 aliphatic rings. The molecule has 0 aromatic heterocycles. The minimum absolute atomic E-state index is 0.873. The highest BCUT2D eigenvalue weighted by Gasteiger charge is 2.14. The molecule has 42 valence electrons. The maximum atomic E-state index is 4.19. The third-order valence-corrected chi connectivity index (χ3v) is 1.77. The zero-order valence-corrected chi connectivity index (χ0v) is 5.49. The summed E-state index contributed by atoms with van der Waals surface area (Å²) in [7, 11) is 0. The standard InChI is InChI=1S/C5H11NS/c1-5-2-3-6(7)4-5/h5,7H,2-4H2,1H3/t5-/m1/s1. The van der Waals surface area contributed by atoms with Gasteiger partial charge in [-0.2, -0.15) is 0 Å². The molecule has 0 saturated carbocycles. The van der Waals surface area contributed by atoms with E-state index >= 15 is 0 Å². The van der Waals surface area contributed by atoms with Crippen LogP contribution in [0.1, 0.15) is 13.3 Å². The molecule has 0 N–H and O–H groups in total. The summed E-state index contributed by atoms with van der Waals surface area (Å²) >= 11 is 4.19. The summed E-state index contributed by atoms with van der Waals surface area (Å²) in [5.41, 5.74) is 0. The molecular weight excluding hydrogens is 106 g/mol. The van der Waals surface area contributed by atoms with Crippen LogP contribution in [0.4, 0.5) is 0 Å². The van der Waals surface area contributed by atoms with Crippen molar-refractivity contribution in [2.24, 2.45) is 5.92 Å². The van der Waals surface area contributed by atoms with Gasteiger partial charge in [-0.05, 0) is 12.3 Å². The number of nitrogens with zero attached hydrogens (tertiary/aromatic N) is 1. The Morgan fingerprint density at radius 3 is 2.57 bits per heavy atom. The quantitative estimate of drug-likeness (QED) is 0.466. The molecule has 0 amide bonds. The fraction of sp³-hybridized carbons (Fsp3) is 1.00. The molecule has 0 aromatic rings. The third-order valence-electron chi connectivity index (χ3n) is 1.40. The first-order chi connectivity index (χ1) is 3.29. The van der Waals surface area contributed by atoms with E-state index in [4.69, 9.17) is 0 Å². The Bertz CT molecular complexity index is 57.1. The summed E-state index contributed by atoms with van der Waals surface area (Å²) in [6.07, 6.45) is 1.32. The second-order valence-corrected chi connectivity index (χ2v) is 2.87. The molecule has 1 nitrogen and oxygen atoms in total. The normalized spacial score (nSPS) is 34.3. The lowest BCUT2D eigenvalue weighted by Gasteiger charge is -2.01. The predicted molar refractivity (Wildman–Crippen MR) is 34.3 cm³/mol. The van der Waals surface area contributed by atoms with E-state index in [2.05, 4.69) is 24.0 Å². The maximum absolute atomic E-state index is 4.19. The molecule has 2 heteroatoms. The van der Waals surface area contributed by atoms with Crippen molar-refractivity contribution in [2.45, 2.75) is 13.3 Å². The monoisotopic (exact) mass is 117 g/mol. The minimum atomic E-state index is 0.873. The van der Waals surface area contributed by atoms with E-state index < -0.39 is 0 Å². The van der Waals surface area contributed by atoms with Crippen LogP contribution >= 0.6 is 12.8 Å². The van der Waals surface area contributed by atoms with Crippen LogP contribution in [0.2, 0.25) is 0 Å². The molecule has 1 aliphatic heterocycles. The largest absolute Gasteiger partial charge is 0.253 e. The van der Waals surface area contributed by atoms with Gasteiger partial charge >= 0.3 is 0 Å². The summed E-state index contributed by atoms with van der Waals surface area (Å²) in [5.74, 6) is 0.873. The molecule has 1 heterocycles. The van der Waals surface area contributed by atoms with Crippen molar-refractivity contribution in [3.63, 3.8) is 0 Å². The van der Waals surface area contributed by atoms with E-state index in [9.17, 15) is 0 Å². The first-order valence-electron chi connectivity index (χ1n) is 2.73. The molecule has 1 atom stereocenters. The van der Waals surface area contributed by atoms with Gasteiger partial charge in [0.25, 0.3) is 0 Å². The molecule has 0 aromatic carbocycles. The lowest BCUT2D eigenvalue weighted by molar-refractivity contribution is 0.555. The van der Waals surface area contributed by atoms with Crippen LogP contribution in [-0.4, -0.2) is 17.4 Å². The van der Waals surface area contributed by atoms with Crippen LogP contribution in [0.15, 0.2) is 0 Å². The van der Waals surface area contributed by atoms with Crippen molar-refractivity contribution in [1.29, 1.82) is 0 Å². The summed E-state index contributed by atoms with van der Waals surface area (Å²) in [6, 6.07) is 0. The highest BCUT2D eigenvalue weighted by Crippen LogP contribution is 2.15. The van der Waals surface area contributed by atoms with Crippen LogP contribution in [0.25, 0.3) is 0 Å². The molecule has 7 heavy (non-hydrogen) atoms. The molecule has 0 radical (unpaired) electrons. The van der Waals surface area contributed by atoms with E-state index in [1.165, 1.54) is 19.5 Å². The minimum Gasteiger partial charge on any atom is -0.253 e. The predicted octanol–water partition coefficient (Wildman–Crippen LogP) is 1.17. The average molecular weight is 117 g/mol. The molecule has 1 fully saturated rings. The first-order valence-corrected chi connectivity index (χ1v) is 3.13. The van der Waals surface area contributed by atoms with Crippen molar-refractivity contribution in [1.82, 2.24) is 4.31 Å². The number of thiol groups is 1. The van der Waals surface area contributed by atoms with E-state index in [0.717, 1.165) is 5.92 Å². The number of hydrogen-bond acceptors (Lipinski definition) is 2. The first kappa shape index (κ1) is 5.45. The van der Waals surface area contributed by atoms with E-state index in [0.29, 0.717) is 0 Å². The van der Waals surface area contributed by atoms with Crippen molar-refractivity contribution >= 4 is 12.8 Å². The zero-order chi connectivity index (χ0) is 5.28. The van der Waals surface area contributed by atoms with Crippen molar-refractivity contribution in [3.8, 4) is 0 Å². The topological polar surface area (TPSA) is 3.24 Å². The van der Waals surface area contributed by atoms with Crippen molar-refractivity contribution < 1.29 is 0 Å². The Morgan fingerprint density at radius 1 is 1.71 bits per heavy atom. The Kier molecular flexibility index (Phi) is 1.60. The van der Waals surface area contributed by atoms with Gasteiger partial charge in [-0.15, -0.1) is 0 Å². The van der Waals surface area contributed by atoms with Gasteiger partial charge in [0.2, 0.25) is 0 Å². The molecule has 0 unspecified atom stereocenters. The SMILES string of the molecule is C[C@@H]1CCN(S)C1. The van der Waals surface area contributed by atoms with Crippen LogP contribution in [0.3, 0.4) is 0 Å². The van der Waals surface area contributed by atoms with E-state index in [-0.39, 0.29) is 0 Å². The van der Waals surface area contributed by atoms with E-state index in [1.807, 2.05) is 0 Å². The molecule has 1 rings (SSSR count). The second-order valence-electron chi connectivity index (χ2n) is 2.31. The van der Waals surface area contributed by atoms with Gasteiger partial charge in [0.15, 0.2) is 0 Å². The lowest BCUT2D eigenvalue weighted by Crippen LogP contribution is -2.05. The van der Waals surface area contributed by atoms with Gasteiger partial charge in [0.1, 0.15) is 0 Å². The third kappa shape index (κ3) is 1.35. The average Bonchev–Trinajstić information content (AvgIpc) is 1.87. The van der Waals surface area contributed by atoms with Gasteiger partial charge in [-0.25, -0.2) is 0 Å². The molecule has 0 aliphatic carbocycles. The Labute approximate surface area is 50.2 Å². The molecule has 0 spiro atoms. The summed E-state index contributed by atoms with van der Waals surface area (Å²) in [5, 5.41) is 0. The van der Waals surface area contributed by atoms with Crippen molar-refractivity contribution in [2.75, 3.05) is 13.1 Å². The van der Waals surface area contributed by atoms with Gasteiger partial charge in [-0.1, -0.05) is 19.7 Å². The number of rotatable bonds is 0. The highest BCUT2D eigenvalue weighted by molar-refractivity contribution is 7.77. The summed E-state index contributed by atoms with van der Waals surface area (Å²) < 4.78 is 2.07. The maximum Gasteiger partial charge on any atom is 0.0113 e. The molecule has 1 saturated heterocycles. The van der Waals surface area contributed by atoms with E-state index in [1.54, 1.807) is 0 Å². The second kappa shape index (κ2) is 2.05. The number of hydrogen-bond donors (Lipinski definition) is 1. The Morgan fingerprint density at radius 2 is 2.43 bits per heavy atom. The van der Waals surface area contributed by atoms with Gasteiger partial charge < -0.3 is 0 Å². The van der Waals surface area contributed by atoms with Crippen molar-refractivity contribution in [3.05, 3.63) is 0 Å². The van der Waals surface area contributed by atoms with Gasteiger partial charge in [-0.3, -0.25) is 4.31 Å². The zero-order valence-electron chi connectivity index (χ0n) is 4.59. The van der Waals surface area contributed by atoms with Crippen LogP contribution in [-0.2, 0) is 0 Å². The highest BCUT2D eigenvalue weighted by atomic mass is 32.1. The van der Waals surface area contributed by atoms with Gasteiger partial charge in [0.05, 0.1) is 0 Å². The fourth-order valence-corrected chi connectivity index (χ4v) is 1.31. The van der Waals surface area contributed by atoms with Crippen LogP contribution in [0.5, 0.6) is 0 Å². The summed E-state index contributed by atoms with van der Waals surface area (Å²) in [6.45, 7) is 4.60. The fourth-order valence-electron chi connectivity index (χ4n) is 0.912. The molecule has 0 bridgehead atoms.